The number of nitrogens with zero attached hydrogens (tertiary/aromatic N) is 1. The van der Waals surface area contributed by atoms with Crippen molar-refractivity contribution in [2.75, 3.05) is 19.5 Å². The fourth-order valence-electron chi connectivity index (χ4n) is 2.17. The molecule has 0 radical (unpaired) electrons. The Bertz CT molecular complexity index is 839. The quantitative estimate of drug-likeness (QED) is 0.536. The summed E-state index contributed by atoms with van der Waals surface area (Å²) in [6.45, 7) is 0. The predicted octanol–water partition coefficient (Wildman–Crippen LogP) is 3.23. The predicted molar refractivity (Wildman–Crippen MR) is 105 cm³/mol. The maximum atomic E-state index is 11.9. The lowest BCUT2D eigenvalue weighted by Crippen LogP contribution is -2.20. The standard InChI is InChI=1S/C19H20ClN3O4/c1-26-16-7-6-13(17(11-16)27-2)12-21-23-19(25)9-8-18(24)22-15-5-3-4-14(20)10-15/h3-7,10-12H,8-9H2,1-2H3,(H,22,24)(H,23,25)/b21-12+. The molecule has 2 amide bonds. The van der Waals surface area contributed by atoms with Crippen LogP contribution in [-0.2, 0) is 9.59 Å². The van der Waals surface area contributed by atoms with Gasteiger partial charge in [0.2, 0.25) is 11.8 Å². The monoisotopic (exact) mass is 389 g/mol. The molecule has 7 nitrogen and oxygen atoms in total. The molecule has 0 saturated heterocycles. The van der Waals surface area contributed by atoms with Crippen LogP contribution in [0.1, 0.15) is 18.4 Å². The lowest BCUT2D eigenvalue weighted by atomic mass is 10.2. The van der Waals surface area contributed by atoms with Crippen molar-refractivity contribution in [2.24, 2.45) is 5.10 Å². The number of amides is 2. The zero-order valence-corrected chi connectivity index (χ0v) is 15.7. The maximum absolute atomic E-state index is 11.9. The maximum Gasteiger partial charge on any atom is 0.240 e. The van der Waals surface area contributed by atoms with Crippen LogP contribution >= 0.6 is 11.6 Å². The van der Waals surface area contributed by atoms with E-state index in [0.29, 0.717) is 27.8 Å². The zero-order valence-electron chi connectivity index (χ0n) is 15.0. The smallest absolute Gasteiger partial charge is 0.240 e. The van der Waals surface area contributed by atoms with E-state index < -0.39 is 0 Å². The highest BCUT2D eigenvalue weighted by molar-refractivity contribution is 6.30. The summed E-state index contributed by atoms with van der Waals surface area (Å²) >= 11 is 5.85. The van der Waals surface area contributed by atoms with Gasteiger partial charge in [0.25, 0.3) is 0 Å². The highest BCUT2D eigenvalue weighted by Crippen LogP contribution is 2.23. The average molecular weight is 390 g/mol. The van der Waals surface area contributed by atoms with Crippen molar-refractivity contribution in [3.63, 3.8) is 0 Å². The summed E-state index contributed by atoms with van der Waals surface area (Å²) in [5, 5.41) is 7.08. The van der Waals surface area contributed by atoms with E-state index in [2.05, 4.69) is 15.8 Å². The van der Waals surface area contributed by atoms with Gasteiger partial charge < -0.3 is 14.8 Å². The topological polar surface area (TPSA) is 89.0 Å². The molecule has 2 rings (SSSR count). The Morgan fingerprint density at radius 1 is 1.07 bits per heavy atom. The molecule has 0 unspecified atom stereocenters. The summed E-state index contributed by atoms with van der Waals surface area (Å²) in [7, 11) is 3.09. The normalized spacial score (nSPS) is 10.5. The Balaban J connectivity index is 1.80. The summed E-state index contributed by atoms with van der Waals surface area (Å²) in [4.78, 5) is 23.7. The zero-order chi connectivity index (χ0) is 19.6. The second kappa shape index (κ2) is 10.2. The van der Waals surface area contributed by atoms with Crippen molar-refractivity contribution in [3.8, 4) is 11.5 Å². The van der Waals surface area contributed by atoms with Gasteiger partial charge in [0, 0.05) is 35.2 Å². The Morgan fingerprint density at radius 2 is 1.85 bits per heavy atom. The molecule has 0 bridgehead atoms. The lowest BCUT2D eigenvalue weighted by Gasteiger charge is -2.07. The van der Waals surface area contributed by atoms with Gasteiger partial charge in [-0.25, -0.2) is 5.43 Å². The molecule has 0 atom stereocenters. The molecule has 0 spiro atoms. The van der Waals surface area contributed by atoms with Crippen molar-refractivity contribution in [1.82, 2.24) is 5.43 Å². The third-order valence-corrected chi connectivity index (χ3v) is 3.76. The van der Waals surface area contributed by atoms with Crippen LogP contribution in [0.15, 0.2) is 47.6 Å². The van der Waals surface area contributed by atoms with Crippen LogP contribution in [0, 0.1) is 0 Å². The van der Waals surface area contributed by atoms with Gasteiger partial charge in [0.1, 0.15) is 11.5 Å². The van der Waals surface area contributed by atoms with E-state index in [1.165, 1.54) is 13.3 Å². The Labute approximate surface area is 162 Å². The van der Waals surface area contributed by atoms with Gasteiger partial charge in [-0.05, 0) is 30.3 Å². The van der Waals surface area contributed by atoms with E-state index in [9.17, 15) is 9.59 Å². The van der Waals surface area contributed by atoms with Crippen molar-refractivity contribution >= 4 is 35.3 Å². The van der Waals surface area contributed by atoms with Gasteiger partial charge in [0.15, 0.2) is 0 Å². The molecule has 142 valence electrons. The van der Waals surface area contributed by atoms with Gasteiger partial charge in [0.05, 0.1) is 20.4 Å². The van der Waals surface area contributed by atoms with E-state index in [1.54, 1.807) is 49.6 Å². The molecule has 27 heavy (non-hydrogen) atoms. The fraction of sp³-hybridized carbons (Fsp3) is 0.211. The largest absolute Gasteiger partial charge is 0.497 e. The van der Waals surface area contributed by atoms with Crippen LogP contribution < -0.4 is 20.2 Å². The summed E-state index contributed by atoms with van der Waals surface area (Å²) in [6, 6.07) is 12.0. The minimum absolute atomic E-state index is 0.00346. The first-order chi connectivity index (χ1) is 13.0. The van der Waals surface area contributed by atoms with E-state index in [-0.39, 0.29) is 24.7 Å². The molecule has 8 heteroatoms. The molecule has 0 saturated carbocycles. The fourth-order valence-corrected chi connectivity index (χ4v) is 2.36. The van der Waals surface area contributed by atoms with E-state index in [1.807, 2.05) is 0 Å². The van der Waals surface area contributed by atoms with Crippen LogP contribution in [0.25, 0.3) is 0 Å². The average Bonchev–Trinajstić information content (AvgIpc) is 2.66. The third kappa shape index (κ3) is 6.63. The number of carbonyl (C=O) groups is 2. The molecular weight excluding hydrogens is 370 g/mol. The summed E-state index contributed by atoms with van der Waals surface area (Å²) in [5.41, 5.74) is 3.64. The second-order valence-corrected chi connectivity index (χ2v) is 5.90. The van der Waals surface area contributed by atoms with Gasteiger partial charge in [-0.2, -0.15) is 5.10 Å². The first-order valence-corrected chi connectivity index (χ1v) is 8.49. The number of carbonyl (C=O) groups excluding carboxylic acids is 2. The lowest BCUT2D eigenvalue weighted by molar-refractivity contribution is -0.124. The number of hydrogen-bond donors (Lipinski definition) is 2. The Kier molecular flexibility index (Phi) is 7.63. The second-order valence-electron chi connectivity index (χ2n) is 5.46. The first kappa shape index (κ1) is 20.3. The van der Waals surface area contributed by atoms with Crippen molar-refractivity contribution in [3.05, 3.63) is 53.1 Å². The number of hydrogen-bond acceptors (Lipinski definition) is 5. The molecule has 0 aliphatic rings. The first-order valence-electron chi connectivity index (χ1n) is 8.11. The molecule has 0 aromatic heterocycles. The van der Waals surface area contributed by atoms with Gasteiger partial charge in [-0.1, -0.05) is 17.7 Å². The van der Waals surface area contributed by atoms with Crippen LogP contribution in [0.4, 0.5) is 5.69 Å². The minimum atomic E-state index is -0.375. The van der Waals surface area contributed by atoms with Crippen LogP contribution in [-0.4, -0.2) is 32.2 Å². The third-order valence-electron chi connectivity index (χ3n) is 3.52. The van der Waals surface area contributed by atoms with Crippen molar-refractivity contribution in [1.29, 1.82) is 0 Å². The number of rotatable bonds is 8. The van der Waals surface area contributed by atoms with E-state index in [4.69, 9.17) is 21.1 Å². The molecule has 2 aromatic rings. The molecule has 0 fully saturated rings. The highest BCUT2D eigenvalue weighted by atomic mass is 35.5. The minimum Gasteiger partial charge on any atom is -0.497 e. The molecule has 2 N–H and O–H groups in total. The van der Waals surface area contributed by atoms with Crippen molar-refractivity contribution < 1.29 is 19.1 Å². The van der Waals surface area contributed by atoms with Gasteiger partial charge in [-0.3, -0.25) is 9.59 Å². The number of nitrogens with one attached hydrogen (secondary N) is 2. The molecule has 0 heterocycles. The molecule has 0 aliphatic heterocycles. The van der Waals surface area contributed by atoms with Gasteiger partial charge >= 0.3 is 0 Å². The van der Waals surface area contributed by atoms with Crippen LogP contribution in [0.3, 0.4) is 0 Å². The highest BCUT2D eigenvalue weighted by Gasteiger charge is 2.07. The summed E-state index contributed by atoms with van der Waals surface area (Å²) in [5.74, 6) is 0.556. The Morgan fingerprint density at radius 3 is 2.56 bits per heavy atom. The number of anilines is 1. The number of hydrazone groups is 1. The Hall–Kier alpha value is -3.06. The number of benzene rings is 2. The van der Waals surface area contributed by atoms with E-state index >= 15 is 0 Å². The van der Waals surface area contributed by atoms with Crippen LogP contribution in [0.5, 0.6) is 11.5 Å². The summed E-state index contributed by atoms with van der Waals surface area (Å²) < 4.78 is 10.4. The number of methoxy groups -OCH3 is 2. The molecular formula is C19H20ClN3O4. The number of ether oxygens (including phenoxy) is 2. The van der Waals surface area contributed by atoms with E-state index in [0.717, 1.165) is 0 Å². The number of halogens is 1. The summed E-state index contributed by atoms with van der Waals surface area (Å²) in [6.07, 6.45) is 1.49. The van der Waals surface area contributed by atoms with Crippen molar-refractivity contribution in [2.45, 2.75) is 12.8 Å². The molecule has 0 aliphatic carbocycles. The SMILES string of the molecule is COc1ccc(/C=N/NC(=O)CCC(=O)Nc2cccc(Cl)c2)c(OC)c1. The molecule has 2 aromatic carbocycles. The van der Waals surface area contributed by atoms with Gasteiger partial charge in [-0.15, -0.1) is 0 Å². The van der Waals surface area contributed by atoms with Crippen LogP contribution in [0.2, 0.25) is 5.02 Å².